The molecule has 2 heterocycles. The van der Waals surface area contributed by atoms with Crippen molar-refractivity contribution in [2.45, 2.75) is 12.5 Å². The van der Waals surface area contributed by atoms with Gasteiger partial charge in [0.2, 0.25) is 5.95 Å². The highest BCUT2D eigenvalue weighted by molar-refractivity contribution is 7.91. The molecule has 3 rings (SSSR count). The van der Waals surface area contributed by atoms with Gasteiger partial charge in [0, 0.05) is 11.7 Å². The number of hydrogen-bond donors (Lipinski definition) is 2. The Morgan fingerprint density at radius 1 is 1.23 bits per heavy atom. The summed E-state index contributed by atoms with van der Waals surface area (Å²) in [5, 5.41) is 13.6. The molecule has 1 unspecified atom stereocenters. The number of hydrogen-bond acceptors (Lipinski definition) is 7. The second-order valence-corrected chi connectivity index (χ2v) is 7.27. The van der Waals surface area contributed by atoms with Crippen LogP contribution in [0.2, 0.25) is 0 Å². The molecule has 0 aliphatic carbocycles. The topological polar surface area (TPSA) is 96.9 Å². The van der Waals surface area contributed by atoms with Gasteiger partial charge >= 0.3 is 0 Å². The van der Waals surface area contributed by atoms with Crippen LogP contribution in [0, 0.1) is 5.82 Å². The Kier molecular flexibility index (Phi) is 3.88. The van der Waals surface area contributed by atoms with Gasteiger partial charge in [-0.3, -0.25) is 0 Å². The quantitative estimate of drug-likeness (QED) is 0.876. The van der Waals surface area contributed by atoms with Crippen molar-refractivity contribution in [1.29, 1.82) is 0 Å². The number of rotatable bonds is 4. The average molecular weight is 323 g/mol. The van der Waals surface area contributed by atoms with Crippen LogP contribution in [0.3, 0.4) is 0 Å². The molecule has 2 N–H and O–H groups in total. The highest BCUT2D eigenvalue weighted by Gasteiger charge is 2.28. The molecule has 22 heavy (non-hydrogen) atoms. The molecule has 1 saturated heterocycles. The van der Waals surface area contributed by atoms with E-state index in [2.05, 4.69) is 25.8 Å². The normalized spacial score (nSPS) is 19.8. The van der Waals surface area contributed by atoms with Gasteiger partial charge in [-0.2, -0.15) is 10.1 Å². The van der Waals surface area contributed by atoms with Crippen LogP contribution in [0.5, 0.6) is 0 Å². The fourth-order valence-electron chi connectivity index (χ4n) is 2.21. The maximum absolute atomic E-state index is 12.8. The van der Waals surface area contributed by atoms with Crippen molar-refractivity contribution in [2.75, 3.05) is 22.1 Å². The van der Waals surface area contributed by atoms with Crippen LogP contribution in [-0.4, -0.2) is 41.1 Å². The lowest BCUT2D eigenvalue weighted by atomic mass is 10.3. The largest absolute Gasteiger partial charge is 0.365 e. The first-order valence-electron chi connectivity index (χ1n) is 6.69. The Morgan fingerprint density at radius 3 is 2.68 bits per heavy atom. The number of halogens is 1. The third-order valence-electron chi connectivity index (χ3n) is 3.24. The van der Waals surface area contributed by atoms with Crippen LogP contribution in [0.4, 0.5) is 21.8 Å². The van der Waals surface area contributed by atoms with Crippen molar-refractivity contribution < 1.29 is 12.8 Å². The van der Waals surface area contributed by atoms with Gasteiger partial charge < -0.3 is 10.6 Å². The molecule has 1 fully saturated rings. The first-order valence-corrected chi connectivity index (χ1v) is 8.52. The molecule has 1 aliphatic rings. The number of aromatic nitrogens is 3. The summed E-state index contributed by atoms with van der Waals surface area (Å²) in [7, 11) is -2.96. The van der Waals surface area contributed by atoms with E-state index in [0.717, 1.165) is 0 Å². The molecule has 1 aliphatic heterocycles. The minimum Gasteiger partial charge on any atom is -0.365 e. The standard InChI is InChI=1S/C13H14FN5O2S/c14-9-1-3-10(4-2-9)17-13-18-12(7-15-19-13)16-11-5-6-22(20,21)8-11/h1-4,7,11H,5-6,8H2,(H2,16,17,18,19). The van der Waals surface area contributed by atoms with Crippen molar-refractivity contribution >= 4 is 27.3 Å². The van der Waals surface area contributed by atoms with E-state index < -0.39 is 9.84 Å². The summed E-state index contributed by atoms with van der Waals surface area (Å²) in [5.74, 6) is 0.642. The summed E-state index contributed by atoms with van der Waals surface area (Å²) in [6.45, 7) is 0. The molecule has 0 spiro atoms. The van der Waals surface area contributed by atoms with Crippen LogP contribution >= 0.6 is 0 Å². The molecular weight excluding hydrogens is 309 g/mol. The Morgan fingerprint density at radius 2 is 2.00 bits per heavy atom. The first-order chi connectivity index (χ1) is 10.5. The SMILES string of the molecule is O=S1(=O)CCC(Nc2cnnc(Nc3ccc(F)cc3)n2)C1. The van der Waals surface area contributed by atoms with Crippen LogP contribution in [0.15, 0.2) is 30.5 Å². The van der Waals surface area contributed by atoms with E-state index in [4.69, 9.17) is 0 Å². The molecule has 116 valence electrons. The minimum atomic E-state index is -2.96. The van der Waals surface area contributed by atoms with Gasteiger partial charge in [0.1, 0.15) is 5.82 Å². The maximum Gasteiger partial charge on any atom is 0.249 e. The van der Waals surface area contributed by atoms with Crippen LogP contribution in [0.1, 0.15) is 6.42 Å². The molecule has 7 nitrogen and oxygen atoms in total. The van der Waals surface area contributed by atoms with Gasteiger partial charge in [0.15, 0.2) is 15.7 Å². The van der Waals surface area contributed by atoms with Gasteiger partial charge in [0.25, 0.3) is 0 Å². The smallest absolute Gasteiger partial charge is 0.249 e. The molecular formula is C13H14FN5O2S. The second-order valence-electron chi connectivity index (χ2n) is 5.04. The summed E-state index contributed by atoms with van der Waals surface area (Å²) < 4.78 is 35.7. The lowest BCUT2D eigenvalue weighted by Crippen LogP contribution is -2.21. The van der Waals surface area contributed by atoms with Gasteiger partial charge in [-0.05, 0) is 30.7 Å². The first kappa shape index (κ1) is 14.6. The average Bonchev–Trinajstić information content (AvgIpc) is 2.81. The van der Waals surface area contributed by atoms with Crippen molar-refractivity contribution in [3.05, 3.63) is 36.3 Å². The second kappa shape index (κ2) is 5.84. The number of sulfone groups is 1. The van der Waals surface area contributed by atoms with Crippen molar-refractivity contribution in [2.24, 2.45) is 0 Å². The summed E-state index contributed by atoms with van der Waals surface area (Å²) in [6.07, 6.45) is 1.98. The Hall–Kier alpha value is -2.29. The summed E-state index contributed by atoms with van der Waals surface area (Å²) in [5.41, 5.74) is 0.629. The molecule has 0 amide bonds. The van der Waals surface area contributed by atoms with E-state index in [0.29, 0.717) is 17.9 Å². The third-order valence-corrected chi connectivity index (χ3v) is 5.01. The zero-order chi connectivity index (χ0) is 15.6. The predicted octanol–water partition coefficient (Wildman–Crippen LogP) is 1.35. The van der Waals surface area contributed by atoms with Crippen LogP contribution < -0.4 is 10.6 Å². The van der Waals surface area contributed by atoms with Gasteiger partial charge in [-0.25, -0.2) is 12.8 Å². The summed E-state index contributed by atoms with van der Waals surface area (Å²) >= 11 is 0. The lowest BCUT2D eigenvalue weighted by Gasteiger charge is -2.11. The Balaban J connectivity index is 1.68. The van der Waals surface area contributed by atoms with Crippen molar-refractivity contribution in [3.8, 4) is 0 Å². The zero-order valence-electron chi connectivity index (χ0n) is 11.5. The van der Waals surface area contributed by atoms with E-state index in [-0.39, 0.29) is 29.3 Å². The summed E-state index contributed by atoms with van der Waals surface area (Å²) in [4.78, 5) is 4.22. The molecule has 0 saturated carbocycles. The van der Waals surface area contributed by atoms with Crippen LogP contribution in [-0.2, 0) is 9.84 Å². The van der Waals surface area contributed by atoms with Crippen molar-refractivity contribution in [1.82, 2.24) is 15.2 Å². The maximum atomic E-state index is 12.8. The van der Waals surface area contributed by atoms with E-state index in [9.17, 15) is 12.8 Å². The molecule has 9 heteroatoms. The predicted molar refractivity (Wildman–Crippen MR) is 80.2 cm³/mol. The fraction of sp³-hybridized carbons (Fsp3) is 0.308. The van der Waals surface area contributed by atoms with E-state index in [1.807, 2.05) is 0 Å². The molecule has 0 radical (unpaired) electrons. The van der Waals surface area contributed by atoms with Gasteiger partial charge in [-0.15, -0.1) is 5.10 Å². The number of nitrogens with zero attached hydrogens (tertiary/aromatic N) is 3. The van der Waals surface area contributed by atoms with E-state index >= 15 is 0 Å². The number of nitrogens with one attached hydrogen (secondary N) is 2. The van der Waals surface area contributed by atoms with E-state index in [1.165, 1.54) is 18.3 Å². The highest BCUT2D eigenvalue weighted by Crippen LogP contribution is 2.17. The molecule has 0 bridgehead atoms. The molecule has 1 atom stereocenters. The fourth-order valence-corrected chi connectivity index (χ4v) is 3.88. The highest BCUT2D eigenvalue weighted by atomic mass is 32.2. The Bertz CT molecular complexity index is 766. The number of anilines is 3. The van der Waals surface area contributed by atoms with Gasteiger partial charge in [-0.1, -0.05) is 0 Å². The number of benzene rings is 1. The third kappa shape index (κ3) is 3.67. The van der Waals surface area contributed by atoms with E-state index in [1.54, 1.807) is 12.1 Å². The lowest BCUT2D eigenvalue weighted by molar-refractivity contribution is 0.602. The molecule has 1 aromatic carbocycles. The van der Waals surface area contributed by atoms with Crippen LogP contribution in [0.25, 0.3) is 0 Å². The van der Waals surface area contributed by atoms with Gasteiger partial charge in [0.05, 0.1) is 17.7 Å². The zero-order valence-corrected chi connectivity index (χ0v) is 12.3. The molecule has 2 aromatic rings. The Labute approximate surface area is 126 Å². The minimum absolute atomic E-state index is 0.0950. The monoisotopic (exact) mass is 323 g/mol. The molecule has 1 aromatic heterocycles. The summed E-state index contributed by atoms with van der Waals surface area (Å²) in [6, 6.07) is 5.59. The van der Waals surface area contributed by atoms with Crippen molar-refractivity contribution in [3.63, 3.8) is 0 Å².